The van der Waals surface area contributed by atoms with Crippen LogP contribution in [0.1, 0.15) is 36.0 Å². The molecule has 130 valence electrons. The minimum absolute atomic E-state index is 0.0233. The van der Waals surface area contributed by atoms with Gasteiger partial charge in [-0.15, -0.1) is 23.1 Å². The summed E-state index contributed by atoms with van der Waals surface area (Å²) in [5, 5.41) is 3.59. The summed E-state index contributed by atoms with van der Waals surface area (Å²) in [6.07, 6.45) is 4.37. The maximum atomic E-state index is 12.4. The third-order valence-corrected chi connectivity index (χ3v) is 6.24. The summed E-state index contributed by atoms with van der Waals surface area (Å²) in [4.78, 5) is 33.8. The van der Waals surface area contributed by atoms with Gasteiger partial charge >= 0.3 is 0 Å². The van der Waals surface area contributed by atoms with Crippen molar-refractivity contribution >= 4 is 39.2 Å². The number of thioether (sulfide) groups is 1. The monoisotopic (exact) mass is 366 g/mol. The number of hydrogen-bond acceptors (Lipinski definition) is 6. The first-order valence-electron chi connectivity index (χ1n) is 8.19. The second kappa shape index (κ2) is 7.67. The molecule has 24 heavy (non-hydrogen) atoms. The summed E-state index contributed by atoms with van der Waals surface area (Å²) in [5.74, 6) is 1.43. The molecule has 0 saturated heterocycles. The predicted octanol–water partition coefficient (Wildman–Crippen LogP) is 1.56. The number of hydrogen-bond donors (Lipinski definition) is 3. The number of fused-ring (bicyclic) bond motifs is 3. The fourth-order valence-corrected chi connectivity index (χ4v) is 4.87. The Kier molecular flexibility index (Phi) is 5.57. The molecule has 8 heteroatoms. The number of nitrogens with one attached hydrogen (secondary N) is 2. The Hall–Kier alpha value is -1.38. The van der Waals surface area contributed by atoms with E-state index in [2.05, 4.69) is 15.3 Å². The molecule has 2 heterocycles. The summed E-state index contributed by atoms with van der Waals surface area (Å²) in [5.41, 5.74) is 6.63. The fraction of sp³-hybridized carbons (Fsp3) is 0.562. The van der Waals surface area contributed by atoms with Crippen molar-refractivity contribution in [3.63, 3.8) is 0 Å². The lowest BCUT2D eigenvalue weighted by Crippen LogP contribution is -2.38. The van der Waals surface area contributed by atoms with Gasteiger partial charge in [0.15, 0.2) is 0 Å². The van der Waals surface area contributed by atoms with Crippen LogP contribution in [-0.2, 0) is 23.4 Å². The number of H-pyrrole nitrogens is 1. The minimum Gasteiger partial charge on any atom is -0.352 e. The van der Waals surface area contributed by atoms with E-state index in [1.807, 2.05) is 6.92 Å². The maximum Gasteiger partial charge on any atom is 0.259 e. The predicted molar refractivity (Wildman–Crippen MR) is 99.7 cm³/mol. The molecule has 6 nitrogen and oxygen atoms in total. The number of carbonyl (C=O) groups excluding carboxylic acids is 1. The number of thiophene rings is 1. The van der Waals surface area contributed by atoms with E-state index in [1.165, 1.54) is 28.6 Å². The lowest BCUT2D eigenvalue weighted by Gasteiger charge is -2.10. The van der Waals surface area contributed by atoms with Crippen LogP contribution in [0.25, 0.3) is 10.2 Å². The van der Waals surface area contributed by atoms with Gasteiger partial charge < -0.3 is 16.0 Å². The number of amides is 1. The van der Waals surface area contributed by atoms with E-state index in [4.69, 9.17) is 5.73 Å². The van der Waals surface area contributed by atoms with Gasteiger partial charge in [-0.1, -0.05) is 0 Å². The average molecular weight is 367 g/mol. The van der Waals surface area contributed by atoms with Crippen LogP contribution in [-0.4, -0.2) is 34.2 Å². The quantitative estimate of drug-likeness (QED) is 0.720. The number of carbonyl (C=O) groups is 1. The normalized spacial score (nSPS) is 15.2. The molecule has 2 aromatic rings. The first kappa shape index (κ1) is 17.4. The van der Waals surface area contributed by atoms with E-state index in [-0.39, 0.29) is 17.5 Å². The Bertz CT molecular complexity index is 799. The Morgan fingerprint density at radius 3 is 3.04 bits per heavy atom. The number of aromatic amines is 1. The third kappa shape index (κ3) is 3.81. The van der Waals surface area contributed by atoms with Crippen molar-refractivity contribution in [1.29, 1.82) is 0 Å². The molecule has 0 saturated carbocycles. The zero-order valence-electron chi connectivity index (χ0n) is 13.7. The largest absolute Gasteiger partial charge is 0.352 e. The van der Waals surface area contributed by atoms with Gasteiger partial charge in [0.05, 0.1) is 16.9 Å². The van der Waals surface area contributed by atoms with Crippen molar-refractivity contribution in [2.75, 3.05) is 12.3 Å². The molecule has 0 bridgehead atoms. The van der Waals surface area contributed by atoms with E-state index in [1.54, 1.807) is 11.3 Å². The topological polar surface area (TPSA) is 101 Å². The summed E-state index contributed by atoms with van der Waals surface area (Å²) in [7, 11) is 0. The van der Waals surface area contributed by atoms with Gasteiger partial charge in [-0.2, -0.15) is 0 Å². The SMILES string of the molecule is C[C@@H](CN)NC(=O)CSCc1nc2sc3c(c2c(=O)[nH]1)CCCC3. The molecule has 3 rings (SSSR count). The number of rotatable bonds is 6. The van der Waals surface area contributed by atoms with E-state index in [9.17, 15) is 9.59 Å². The van der Waals surface area contributed by atoms with E-state index >= 15 is 0 Å². The van der Waals surface area contributed by atoms with Crippen LogP contribution in [0.5, 0.6) is 0 Å². The fourth-order valence-electron chi connectivity index (χ4n) is 2.89. The van der Waals surface area contributed by atoms with Gasteiger partial charge in [-0.05, 0) is 38.2 Å². The summed E-state index contributed by atoms with van der Waals surface area (Å²) < 4.78 is 0. The molecule has 0 radical (unpaired) electrons. The molecule has 0 fully saturated rings. The molecular formula is C16H22N4O2S2. The van der Waals surface area contributed by atoms with Crippen molar-refractivity contribution in [3.05, 3.63) is 26.6 Å². The molecule has 1 aliphatic rings. The Morgan fingerprint density at radius 1 is 1.46 bits per heavy atom. The van der Waals surface area contributed by atoms with Gasteiger partial charge in [0.1, 0.15) is 10.7 Å². The Morgan fingerprint density at radius 2 is 2.25 bits per heavy atom. The highest BCUT2D eigenvalue weighted by Gasteiger charge is 2.19. The number of nitrogens with two attached hydrogens (primary N) is 1. The highest BCUT2D eigenvalue weighted by atomic mass is 32.2. The van der Waals surface area contributed by atoms with Crippen LogP contribution < -0.4 is 16.6 Å². The van der Waals surface area contributed by atoms with E-state index in [0.717, 1.165) is 29.5 Å². The zero-order chi connectivity index (χ0) is 17.1. The lowest BCUT2D eigenvalue weighted by molar-refractivity contribution is -0.119. The first-order valence-corrected chi connectivity index (χ1v) is 10.2. The van der Waals surface area contributed by atoms with Crippen molar-refractivity contribution in [2.45, 2.75) is 44.4 Å². The van der Waals surface area contributed by atoms with Gasteiger partial charge in [-0.3, -0.25) is 9.59 Å². The van der Waals surface area contributed by atoms with E-state index in [0.29, 0.717) is 23.9 Å². The molecule has 0 spiro atoms. The van der Waals surface area contributed by atoms with Gasteiger partial charge in [0.25, 0.3) is 5.56 Å². The van der Waals surface area contributed by atoms with Gasteiger partial charge in [0, 0.05) is 17.5 Å². The molecule has 2 aromatic heterocycles. The molecular weight excluding hydrogens is 344 g/mol. The lowest BCUT2D eigenvalue weighted by atomic mass is 9.97. The second-order valence-corrected chi connectivity index (χ2v) is 8.17. The first-order chi connectivity index (χ1) is 11.6. The smallest absolute Gasteiger partial charge is 0.259 e. The van der Waals surface area contributed by atoms with Crippen molar-refractivity contribution in [2.24, 2.45) is 5.73 Å². The molecule has 0 aliphatic heterocycles. The van der Waals surface area contributed by atoms with Gasteiger partial charge in [-0.25, -0.2) is 4.98 Å². The minimum atomic E-state index is -0.0482. The van der Waals surface area contributed by atoms with Crippen LogP contribution in [0, 0.1) is 0 Å². The van der Waals surface area contributed by atoms with Crippen LogP contribution >= 0.6 is 23.1 Å². The average Bonchev–Trinajstić information content (AvgIpc) is 2.93. The van der Waals surface area contributed by atoms with Crippen molar-refractivity contribution in [3.8, 4) is 0 Å². The van der Waals surface area contributed by atoms with Gasteiger partial charge in [0.2, 0.25) is 5.91 Å². The van der Waals surface area contributed by atoms with Crippen LogP contribution in [0.4, 0.5) is 0 Å². The Balaban J connectivity index is 1.68. The highest BCUT2D eigenvalue weighted by molar-refractivity contribution is 7.99. The summed E-state index contributed by atoms with van der Waals surface area (Å²) in [6.45, 7) is 2.29. The molecule has 1 aliphatic carbocycles. The summed E-state index contributed by atoms with van der Waals surface area (Å²) >= 11 is 3.08. The Labute approximate surface area is 148 Å². The van der Waals surface area contributed by atoms with Crippen LogP contribution in [0.15, 0.2) is 4.79 Å². The summed E-state index contributed by atoms with van der Waals surface area (Å²) in [6, 6.07) is -0.0233. The number of aryl methyl sites for hydroxylation is 2. The standard InChI is InChI=1S/C16H22N4O2S2/c1-9(6-17)18-13(21)8-23-7-12-19-15(22)14-10-4-2-3-5-11(10)24-16(14)20-12/h9H,2-8,17H2,1H3,(H,18,21)(H,19,20,22)/t9-/m0/s1. The van der Waals surface area contributed by atoms with Crippen molar-refractivity contribution < 1.29 is 4.79 Å². The third-order valence-electron chi connectivity index (χ3n) is 4.11. The molecule has 1 atom stereocenters. The molecule has 1 amide bonds. The molecule has 0 aromatic carbocycles. The number of aromatic nitrogens is 2. The van der Waals surface area contributed by atoms with Crippen molar-refractivity contribution in [1.82, 2.24) is 15.3 Å². The maximum absolute atomic E-state index is 12.4. The molecule has 4 N–H and O–H groups in total. The van der Waals surface area contributed by atoms with E-state index < -0.39 is 0 Å². The van der Waals surface area contributed by atoms with Crippen LogP contribution in [0.2, 0.25) is 0 Å². The molecule has 0 unspecified atom stereocenters. The zero-order valence-corrected chi connectivity index (χ0v) is 15.3. The van der Waals surface area contributed by atoms with Crippen LogP contribution in [0.3, 0.4) is 0 Å². The number of nitrogens with zero attached hydrogens (tertiary/aromatic N) is 1. The second-order valence-electron chi connectivity index (χ2n) is 6.10. The highest BCUT2D eigenvalue weighted by Crippen LogP contribution is 2.33.